The maximum absolute atomic E-state index is 13.4. The zero-order valence-corrected chi connectivity index (χ0v) is 19.2. The van der Waals surface area contributed by atoms with Crippen LogP contribution < -0.4 is 10.9 Å². The van der Waals surface area contributed by atoms with Gasteiger partial charge in [0.15, 0.2) is 0 Å². The molecule has 7 heteroatoms. The van der Waals surface area contributed by atoms with Crippen molar-refractivity contribution < 1.29 is 9.53 Å². The monoisotopic (exact) mass is 444 g/mol. The van der Waals surface area contributed by atoms with Crippen LogP contribution in [0.3, 0.4) is 0 Å². The molecule has 0 spiro atoms. The highest BCUT2D eigenvalue weighted by Gasteiger charge is 2.18. The van der Waals surface area contributed by atoms with Crippen molar-refractivity contribution in [2.75, 3.05) is 19.0 Å². The predicted molar refractivity (Wildman–Crippen MR) is 130 cm³/mol. The maximum atomic E-state index is 13.4. The van der Waals surface area contributed by atoms with E-state index < -0.39 is 0 Å². The number of carbonyl (C=O) groups is 1. The quantitative estimate of drug-likeness (QED) is 0.414. The lowest BCUT2D eigenvalue weighted by Crippen LogP contribution is -2.25. The number of aromatic nitrogens is 3. The first kappa shape index (κ1) is 22.5. The van der Waals surface area contributed by atoms with Gasteiger partial charge >= 0.3 is 0 Å². The molecule has 1 amide bonds. The van der Waals surface area contributed by atoms with Crippen molar-refractivity contribution in [3.05, 3.63) is 82.5 Å². The van der Waals surface area contributed by atoms with Crippen LogP contribution >= 0.6 is 0 Å². The van der Waals surface area contributed by atoms with Crippen molar-refractivity contribution in [3.8, 4) is 11.1 Å². The lowest BCUT2D eigenvalue weighted by molar-refractivity contribution is -0.116. The standard InChI is InChI=1S/C26H28N4O3/c1-18-9-7-10-19(2)23(18)28-22(31)16-30-15-21(20-11-5-4-6-12-20)24-25(30)26(32)29(17-27-24)13-8-14-33-3/h4-7,9-12,15,17H,8,13-14,16H2,1-3H3,(H,28,31). The summed E-state index contributed by atoms with van der Waals surface area (Å²) in [6.07, 6.45) is 4.12. The number of carbonyl (C=O) groups excluding carboxylic acids is 1. The fourth-order valence-electron chi connectivity index (χ4n) is 4.05. The summed E-state index contributed by atoms with van der Waals surface area (Å²) in [5.74, 6) is -0.196. The number of hydrogen-bond donors (Lipinski definition) is 1. The number of methoxy groups -OCH3 is 1. The number of benzene rings is 2. The van der Waals surface area contributed by atoms with Gasteiger partial charge in [-0.3, -0.25) is 14.2 Å². The van der Waals surface area contributed by atoms with Crippen LogP contribution in [0, 0.1) is 13.8 Å². The number of rotatable bonds is 8. The van der Waals surface area contributed by atoms with E-state index >= 15 is 0 Å². The lowest BCUT2D eigenvalue weighted by atomic mass is 10.1. The van der Waals surface area contributed by atoms with Gasteiger partial charge in [0.2, 0.25) is 5.91 Å². The van der Waals surface area contributed by atoms with Crippen LogP contribution in [-0.2, 0) is 22.6 Å². The summed E-state index contributed by atoms with van der Waals surface area (Å²) < 4.78 is 8.40. The van der Waals surface area contributed by atoms with Gasteiger partial charge in [-0.2, -0.15) is 0 Å². The second-order valence-electron chi connectivity index (χ2n) is 8.14. The number of aryl methyl sites for hydroxylation is 3. The zero-order valence-electron chi connectivity index (χ0n) is 19.2. The zero-order chi connectivity index (χ0) is 23.4. The van der Waals surface area contributed by atoms with Gasteiger partial charge in [0.05, 0.1) is 6.33 Å². The highest BCUT2D eigenvalue weighted by molar-refractivity contribution is 5.96. The molecule has 170 valence electrons. The van der Waals surface area contributed by atoms with Crippen molar-refractivity contribution in [1.29, 1.82) is 0 Å². The average Bonchev–Trinajstić information content (AvgIpc) is 3.17. The van der Waals surface area contributed by atoms with Crippen LogP contribution in [0.4, 0.5) is 5.69 Å². The molecular weight excluding hydrogens is 416 g/mol. The fraction of sp³-hybridized carbons (Fsp3) is 0.269. The molecule has 0 aliphatic heterocycles. The molecule has 0 bridgehead atoms. The molecule has 4 rings (SSSR count). The van der Waals surface area contributed by atoms with Crippen LogP contribution in [0.2, 0.25) is 0 Å². The van der Waals surface area contributed by atoms with E-state index in [1.807, 2.05) is 68.6 Å². The Hall–Kier alpha value is -3.71. The van der Waals surface area contributed by atoms with Crippen LogP contribution in [0.25, 0.3) is 22.2 Å². The Morgan fingerprint density at radius 1 is 1.03 bits per heavy atom. The van der Waals surface area contributed by atoms with Crippen molar-refractivity contribution in [2.45, 2.75) is 33.4 Å². The molecule has 0 fully saturated rings. The minimum Gasteiger partial charge on any atom is -0.385 e. The van der Waals surface area contributed by atoms with E-state index in [0.717, 1.165) is 27.9 Å². The molecule has 4 aromatic rings. The maximum Gasteiger partial charge on any atom is 0.277 e. The number of anilines is 1. The predicted octanol–water partition coefficient (Wildman–Crippen LogP) is 4.16. The van der Waals surface area contributed by atoms with E-state index in [2.05, 4.69) is 10.3 Å². The molecule has 2 aromatic heterocycles. The Kier molecular flexibility index (Phi) is 6.70. The third kappa shape index (κ3) is 4.73. The average molecular weight is 445 g/mol. The molecular formula is C26H28N4O3. The molecule has 0 unspecified atom stereocenters. The van der Waals surface area contributed by atoms with E-state index in [0.29, 0.717) is 30.6 Å². The summed E-state index contributed by atoms with van der Waals surface area (Å²) in [5, 5.41) is 3.01. The SMILES string of the molecule is COCCCn1cnc2c(-c3ccccc3)cn(CC(=O)Nc3c(C)cccc3C)c2c1=O. The smallest absolute Gasteiger partial charge is 0.277 e. The van der Waals surface area contributed by atoms with Gasteiger partial charge < -0.3 is 14.6 Å². The second-order valence-corrected chi connectivity index (χ2v) is 8.14. The Bertz CT molecular complexity index is 1320. The minimum absolute atomic E-state index is 0.0100. The molecule has 1 N–H and O–H groups in total. The number of amides is 1. The molecule has 0 aliphatic rings. The van der Waals surface area contributed by atoms with Gasteiger partial charge in [0, 0.05) is 37.7 Å². The summed E-state index contributed by atoms with van der Waals surface area (Å²) in [6.45, 7) is 4.98. The number of fused-ring (bicyclic) bond motifs is 1. The lowest BCUT2D eigenvalue weighted by Gasteiger charge is -2.12. The Balaban J connectivity index is 1.74. The molecule has 0 saturated heterocycles. The molecule has 7 nitrogen and oxygen atoms in total. The largest absolute Gasteiger partial charge is 0.385 e. The summed E-state index contributed by atoms with van der Waals surface area (Å²) in [7, 11) is 1.64. The minimum atomic E-state index is -0.196. The van der Waals surface area contributed by atoms with Crippen LogP contribution in [0.15, 0.2) is 65.8 Å². The van der Waals surface area contributed by atoms with Gasteiger partial charge in [0.25, 0.3) is 5.56 Å². The molecule has 0 radical (unpaired) electrons. The van der Waals surface area contributed by atoms with Gasteiger partial charge in [-0.05, 0) is 37.0 Å². The van der Waals surface area contributed by atoms with Gasteiger partial charge in [-0.25, -0.2) is 4.98 Å². The van der Waals surface area contributed by atoms with Crippen LogP contribution in [0.1, 0.15) is 17.5 Å². The van der Waals surface area contributed by atoms with Crippen molar-refractivity contribution >= 4 is 22.6 Å². The van der Waals surface area contributed by atoms with Gasteiger partial charge in [-0.15, -0.1) is 0 Å². The van der Waals surface area contributed by atoms with E-state index in [1.54, 1.807) is 22.6 Å². The van der Waals surface area contributed by atoms with Crippen molar-refractivity contribution in [2.24, 2.45) is 0 Å². The highest BCUT2D eigenvalue weighted by atomic mass is 16.5. The first-order chi connectivity index (χ1) is 16.0. The molecule has 2 aromatic carbocycles. The number of nitrogens with zero attached hydrogens (tertiary/aromatic N) is 3. The Labute approximate surface area is 192 Å². The van der Waals surface area contributed by atoms with E-state index in [9.17, 15) is 9.59 Å². The van der Waals surface area contributed by atoms with E-state index in [1.165, 1.54) is 0 Å². The third-order valence-electron chi connectivity index (χ3n) is 5.73. The fourth-order valence-corrected chi connectivity index (χ4v) is 4.05. The van der Waals surface area contributed by atoms with Gasteiger partial charge in [-0.1, -0.05) is 48.5 Å². The van der Waals surface area contributed by atoms with Crippen LogP contribution in [-0.4, -0.2) is 33.7 Å². The highest BCUT2D eigenvalue weighted by Crippen LogP contribution is 2.28. The molecule has 0 atom stereocenters. The van der Waals surface area contributed by atoms with E-state index in [-0.39, 0.29) is 18.0 Å². The summed E-state index contributed by atoms with van der Waals surface area (Å²) in [4.78, 5) is 31.0. The first-order valence-corrected chi connectivity index (χ1v) is 11.0. The molecule has 33 heavy (non-hydrogen) atoms. The molecule has 2 heterocycles. The van der Waals surface area contributed by atoms with Crippen molar-refractivity contribution in [3.63, 3.8) is 0 Å². The summed E-state index contributed by atoms with van der Waals surface area (Å²) in [6, 6.07) is 15.7. The number of ether oxygens (including phenoxy) is 1. The number of nitrogens with one attached hydrogen (secondary N) is 1. The topological polar surface area (TPSA) is 78.2 Å². The summed E-state index contributed by atoms with van der Waals surface area (Å²) >= 11 is 0. The second kappa shape index (κ2) is 9.83. The number of para-hydroxylation sites is 1. The molecule has 0 aliphatic carbocycles. The third-order valence-corrected chi connectivity index (χ3v) is 5.73. The van der Waals surface area contributed by atoms with E-state index in [4.69, 9.17) is 4.74 Å². The van der Waals surface area contributed by atoms with Crippen LogP contribution in [0.5, 0.6) is 0 Å². The van der Waals surface area contributed by atoms with Gasteiger partial charge in [0.1, 0.15) is 17.6 Å². The first-order valence-electron chi connectivity index (χ1n) is 11.0. The Morgan fingerprint density at radius 2 is 1.76 bits per heavy atom. The molecule has 0 saturated carbocycles. The number of hydrogen-bond acceptors (Lipinski definition) is 4. The summed E-state index contributed by atoms with van der Waals surface area (Å²) in [5.41, 5.74) is 5.41. The van der Waals surface area contributed by atoms with Crippen molar-refractivity contribution in [1.82, 2.24) is 14.1 Å². The Morgan fingerprint density at radius 3 is 2.45 bits per heavy atom. The normalized spacial score (nSPS) is 11.1.